The summed E-state index contributed by atoms with van der Waals surface area (Å²) in [6, 6.07) is 5.16. The molecule has 0 fully saturated rings. The van der Waals surface area contributed by atoms with Gasteiger partial charge < -0.3 is 15.2 Å². The number of benzene rings is 1. The van der Waals surface area contributed by atoms with Crippen molar-refractivity contribution in [3.63, 3.8) is 0 Å². The van der Waals surface area contributed by atoms with E-state index in [0.29, 0.717) is 18.0 Å². The van der Waals surface area contributed by atoms with Crippen LogP contribution in [0.4, 0.5) is 5.69 Å². The van der Waals surface area contributed by atoms with Crippen LogP contribution in [0, 0.1) is 0 Å². The predicted molar refractivity (Wildman–Crippen MR) is 65.3 cm³/mol. The molecule has 0 aliphatic carbocycles. The maximum atomic E-state index is 11.3. The first-order valence-corrected chi connectivity index (χ1v) is 5.72. The Balaban J connectivity index is 2.72. The second kappa shape index (κ2) is 5.75. The molecule has 0 amide bonds. The monoisotopic (exact) mass is 287 g/mol. The maximum absolute atomic E-state index is 11.3. The number of hydrogen-bond donors (Lipinski definition) is 1. The molecule has 4 nitrogen and oxygen atoms in total. The molecule has 0 heterocycles. The van der Waals surface area contributed by atoms with Crippen LogP contribution in [0.2, 0.25) is 0 Å². The van der Waals surface area contributed by atoms with Crippen molar-refractivity contribution in [3.8, 4) is 5.75 Å². The Hall–Kier alpha value is -1.23. The van der Waals surface area contributed by atoms with Crippen LogP contribution in [0.5, 0.6) is 5.75 Å². The molecule has 0 aliphatic heterocycles. The van der Waals surface area contributed by atoms with E-state index in [-0.39, 0.29) is 0 Å². The highest BCUT2D eigenvalue weighted by atomic mass is 79.9. The molecule has 0 saturated heterocycles. The van der Waals surface area contributed by atoms with Gasteiger partial charge in [0.15, 0.2) is 6.10 Å². The van der Waals surface area contributed by atoms with Gasteiger partial charge in [0.2, 0.25) is 0 Å². The quantitative estimate of drug-likeness (QED) is 0.682. The number of carbonyl (C=O) groups is 1. The highest BCUT2D eigenvalue weighted by Crippen LogP contribution is 2.27. The summed E-state index contributed by atoms with van der Waals surface area (Å²) in [5, 5.41) is 0. The van der Waals surface area contributed by atoms with Gasteiger partial charge in [-0.2, -0.15) is 0 Å². The molecule has 0 spiro atoms. The van der Waals surface area contributed by atoms with Crippen LogP contribution < -0.4 is 10.5 Å². The van der Waals surface area contributed by atoms with Crippen molar-refractivity contribution in [2.24, 2.45) is 0 Å². The molecule has 1 rings (SSSR count). The fraction of sp³-hybridized carbons (Fsp3) is 0.364. The van der Waals surface area contributed by atoms with E-state index < -0.39 is 12.1 Å². The molecule has 0 aromatic heterocycles. The number of ether oxygens (including phenoxy) is 2. The van der Waals surface area contributed by atoms with E-state index >= 15 is 0 Å². The molecule has 1 aromatic carbocycles. The van der Waals surface area contributed by atoms with Gasteiger partial charge in [0.25, 0.3) is 0 Å². The van der Waals surface area contributed by atoms with Crippen molar-refractivity contribution in [2.75, 3.05) is 12.3 Å². The Morgan fingerprint density at radius 1 is 1.56 bits per heavy atom. The molecule has 16 heavy (non-hydrogen) atoms. The lowest BCUT2D eigenvalue weighted by molar-refractivity contribution is -0.150. The normalized spacial score (nSPS) is 11.9. The Labute approximate surface area is 103 Å². The summed E-state index contributed by atoms with van der Waals surface area (Å²) in [5.74, 6) is 0.136. The molecular formula is C11H14BrNO3. The fourth-order valence-electron chi connectivity index (χ4n) is 1.11. The SMILES string of the molecule is CCOC(=O)C(C)Oc1cc(N)ccc1Br. The number of esters is 1. The number of nitrogens with two attached hydrogens (primary N) is 1. The van der Waals surface area contributed by atoms with Crippen molar-refractivity contribution in [3.05, 3.63) is 22.7 Å². The van der Waals surface area contributed by atoms with E-state index in [4.69, 9.17) is 15.2 Å². The standard InChI is InChI=1S/C11H14BrNO3/c1-3-15-11(14)7(2)16-10-6-8(13)4-5-9(10)12/h4-7H,3,13H2,1-2H3. The van der Waals surface area contributed by atoms with Gasteiger partial charge in [-0.1, -0.05) is 0 Å². The van der Waals surface area contributed by atoms with Crippen LogP contribution in [0.1, 0.15) is 13.8 Å². The minimum Gasteiger partial charge on any atom is -0.478 e. The highest BCUT2D eigenvalue weighted by molar-refractivity contribution is 9.10. The van der Waals surface area contributed by atoms with Crippen molar-refractivity contribution >= 4 is 27.6 Å². The molecule has 0 bridgehead atoms. The topological polar surface area (TPSA) is 61.5 Å². The summed E-state index contributed by atoms with van der Waals surface area (Å²) in [5.41, 5.74) is 6.20. The van der Waals surface area contributed by atoms with E-state index in [0.717, 1.165) is 4.47 Å². The van der Waals surface area contributed by atoms with Crippen molar-refractivity contribution in [2.45, 2.75) is 20.0 Å². The number of hydrogen-bond acceptors (Lipinski definition) is 4. The Morgan fingerprint density at radius 2 is 2.25 bits per heavy atom. The number of anilines is 1. The number of rotatable bonds is 4. The molecule has 2 N–H and O–H groups in total. The molecular weight excluding hydrogens is 274 g/mol. The summed E-state index contributed by atoms with van der Waals surface area (Å²) in [7, 11) is 0. The average Bonchev–Trinajstić information content (AvgIpc) is 2.23. The highest BCUT2D eigenvalue weighted by Gasteiger charge is 2.16. The van der Waals surface area contributed by atoms with Crippen LogP contribution in [0.25, 0.3) is 0 Å². The van der Waals surface area contributed by atoms with Gasteiger partial charge in [-0.25, -0.2) is 4.79 Å². The smallest absolute Gasteiger partial charge is 0.347 e. The summed E-state index contributed by atoms with van der Waals surface area (Å²) in [6.45, 7) is 3.72. The zero-order chi connectivity index (χ0) is 12.1. The third-order valence-electron chi connectivity index (χ3n) is 1.88. The number of nitrogen functional groups attached to an aromatic ring is 1. The van der Waals surface area contributed by atoms with Crippen LogP contribution >= 0.6 is 15.9 Å². The van der Waals surface area contributed by atoms with Gasteiger partial charge in [0, 0.05) is 11.8 Å². The predicted octanol–water partition coefficient (Wildman–Crippen LogP) is 2.36. The lowest BCUT2D eigenvalue weighted by Crippen LogP contribution is -2.26. The van der Waals surface area contributed by atoms with Crippen LogP contribution in [-0.4, -0.2) is 18.7 Å². The zero-order valence-corrected chi connectivity index (χ0v) is 10.8. The molecule has 5 heteroatoms. The summed E-state index contributed by atoms with van der Waals surface area (Å²) in [4.78, 5) is 11.3. The first-order valence-electron chi connectivity index (χ1n) is 4.93. The van der Waals surface area contributed by atoms with Crippen LogP contribution in [-0.2, 0) is 9.53 Å². The van der Waals surface area contributed by atoms with E-state index in [1.807, 2.05) is 0 Å². The van der Waals surface area contributed by atoms with Gasteiger partial charge in [-0.15, -0.1) is 0 Å². The lowest BCUT2D eigenvalue weighted by atomic mass is 10.3. The van der Waals surface area contributed by atoms with Gasteiger partial charge in [-0.3, -0.25) is 0 Å². The van der Waals surface area contributed by atoms with Crippen LogP contribution in [0.3, 0.4) is 0 Å². The van der Waals surface area contributed by atoms with E-state index in [1.165, 1.54) is 0 Å². The average molecular weight is 288 g/mol. The van der Waals surface area contributed by atoms with Gasteiger partial charge in [0.1, 0.15) is 5.75 Å². The third-order valence-corrected chi connectivity index (χ3v) is 2.53. The summed E-state index contributed by atoms with van der Waals surface area (Å²) < 4.78 is 11.0. The molecule has 0 radical (unpaired) electrons. The summed E-state index contributed by atoms with van der Waals surface area (Å²) >= 11 is 3.31. The fourth-order valence-corrected chi connectivity index (χ4v) is 1.45. The van der Waals surface area contributed by atoms with E-state index in [1.54, 1.807) is 32.0 Å². The minimum absolute atomic E-state index is 0.338. The molecule has 1 atom stereocenters. The zero-order valence-electron chi connectivity index (χ0n) is 9.20. The van der Waals surface area contributed by atoms with E-state index in [2.05, 4.69) is 15.9 Å². The second-order valence-corrected chi connectivity index (χ2v) is 4.06. The lowest BCUT2D eigenvalue weighted by Gasteiger charge is -2.14. The molecule has 0 aliphatic rings. The number of halogens is 1. The minimum atomic E-state index is -0.655. The maximum Gasteiger partial charge on any atom is 0.347 e. The van der Waals surface area contributed by atoms with Gasteiger partial charge >= 0.3 is 5.97 Å². The summed E-state index contributed by atoms with van der Waals surface area (Å²) in [6.07, 6.45) is -0.655. The van der Waals surface area contributed by atoms with Gasteiger partial charge in [-0.05, 0) is 41.9 Å². The molecule has 88 valence electrons. The Kier molecular flexibility index (Phi) is 4.61. The first-order chi connectivity index (χ1) is 7.54. The third kappa shape index (κ3) is 3.41. The van der Waals surface area contributed by atoms with Crippen molar-refractivity contribution in [1.29, 1.82) is 0 Å². The van der Waals surface area contributed by atoms with Gasteiger partial charge in [0.05, 0.1) is 11.1 Å². The van der Waals surface area contributed by atoms with E-state index in [9.17, 15) is 4.79 Å². The molecule has 1 aromatic rings. The van der Waals surface area contributed by atoms with Crippen LogP contribution in [0.15, 0.2) is 22.7 Å². The molecule has 0 saturated carbocycles. The first kappa shape index (κ1) is 12.8. The Bertz CT molecular complexity index is 381. The largest absolute Gasteiger partial charge is 0.478 e. The number of carbonyl (C=O) groups excluding carboxylic acids is 1. The van der Waals surface area contributed by atoms with Crippen molar-refractivity contribution < 1.29 is 14.3 Å². The van der Waals surface area contributed by atoms with Crippen molar-refractivity contribution in [1.82, 2.24) is 0 Å². The molecule has 1 unspecified atom stereocenters. The second-order valence-electron chi connectivity index (χ2n) is 3.20. The Morgan fingerprint density at radius 3 is 2.88 bits per heavy atom.